The molecule has 0 amide bonds. The lowest BCUT2D eigenvalue weighted by Crippen LogP contribution is -2.42. The number of fused-ring (bicyclic) bond motifs is 2. The predicted molar refractivity (Wildman–Crippen MR) is 179 cm³/mol. The van der Waals surface area contributed by atoms with Crippen molar-refractivity contribution in [3.05, 3.63) is 123 Å². The zero-order valence-electron chi connectivity index (χ0n) is 39.0. The zero-order valence-corrected chi connectivity index (χ0v) is 24.2. The fourth-order valence-electron chi connectivity index (χ4n) is 5.30. The molecule has 0 spiro atoms. The van der Waals surface area contributed by atoms with Crippen LogP contribution in [0.5, 0.6) is 0 Å². The van der Waals surface area contributed by atoms with Gasteiger partial charge in [-0.2, -0.15) is 0 Å². The van der Waals surface area contributed by atoms with E-state index in [2.05, 4.69) is 31.9 Å². The highest BCUT2D eigenvalue weighted by Crippen LogP contribution is 2.61. The van der Waals surface area contributed by atoms with Crippen LogP contribution in [0.25, 0.3) is 21.9 Å². The van der Waals surface area contributed by atoms with Gasteiger partial charge in [0.2, 0.25) is 0 Å². The third-order valence-corrected chi connectivity index (χ3v) is 8.59. The fourth-order valence-corrected chi connectivity index (χ4v) is 5.82. The molecule has 0 N–H and O–H groups in total. The van der Waals surface area contributed by atoms with Crippen LogP contribution in [-0.2, 0) is 10.8 Å². The number of halogens is 2. The molecular formula is C37H35Br2N. The highest BCUT2D eigenvalue weighted by Gasteiger charge is 2.56. The maximum atomic E-state index is 8.85. The quantitative estimate of drug-likeness (QED) is 0.184. The smallest absolute Gasteiger partial charge is 0.0546 e. The van der Waals surface area contributed by atoms with Crippen LogP contribution in [0.1, 0.15) is 76.9 Å². The maximum absolute atomic E-state index is 8.85. The van der Waals surface area contributed by atoms with Gasteiger partial charge in [-0.05, 0) is 105 Å². The summed E-state index contributed by atoms with van der Waals surface area (Å²) >= 11 is 6.96. The summed E-state index contributed by atoms with van der Waals surface area (Å²) in [5, 5.41) is 1.39. The zero-order chi connectivity index (χ0) is 43.4. The molecule has 5 aromatic carbocycles. The lowest BCUT2D eigenvalue weighted by molar-refractivity contribution is 0.125. The van der Waals surface area contributed by atoms with Gasteiger partial charge in [-0.3, -0.25) is 0 Å². The molecular weight excluding hydrogens is 618 g/mol. The minimum absolute atomic E-state index is 0.0343. The van der Waals surface area contributed by atoms with Gasteiger partial charge in [0.15, 0.2) is 0 Å². The Balaban J connectivity index is 1.82. The second kappa shape index (κ2) is 9.60. The standard InChI is InChI=1S/C37H35Br2N/c1-35(2)32-20-11-24(22-33(32)36(3,4)37(35,5)6)26-21-25-9-7-8-10-31(25)34(23-26)40(29-16-12-27(38)13-17-29)30-18-14-28(39)15-19-30/h7-23H,1-6H3/i1D3,2D3,3D3,4D3,5D3,6D3. The molecule has 1 aliphatic carbocycles. The average molecular weight is 672 g/mol. The van der Waals surface area contributed by atoms with E-state index in [4.69, 9.17) is 24.7 Å². The van der Waals surface area contributed by atoms with E-state index in [1.54, 1.807) is 24.3 Å². The normalized spacial score (nSPS) is 25.1. The average Bonchev–Trinajstić information content (AvgIpc) is 3.38. The molecule has 0 unspecified atom stereocenters. The molecule has 1 nitrogen and oxygen atoms in total. The van der Waals surface area contributed by atoms with Crippen molar-refractivity contribution < 1.29 is 24.7 Å². The lowest BCUT2D eigenvalue weighted by Gasteiger charge is -2.44. The van der Waals surface area contributed by atoms with Crippen molar-refractivity contribution in [3.63, 3.8) is 0 Å². The van der Waals surface area contributed by atoms with Crippen LogP contribution < -0.4 is 4.90 Å². The first kappa shape index (κ1) is 13.4. The highest BCUT2D eigenvalue weighted by molar-refractivity contribution is 9.10. The summed E-state index contributed by atoms with van der Waals surface area (Å²) in [5.74, 6) is 0. The molecule has 6 rings (SSSR count). The molecule has 0 bridgehead atoms. The number of benzene rings is 5. The molecule has 0 aromatic heterocycles. The van der Waals surface area contributed by atoms with Crippen LogP contribution >= 0.6 is 31.9 Å². The Morgan fingerprint density at radius 3 is 1.77 bits per heavy atom. The molecule has 40 heavy (non-hydrogen) atoms. The van der Waals surface area contributed by atoms with Crippen molar-refractivity contribution in [1.29, 1.82) is 0 Å². The van der Waals surface area contributed by atoms with Crippen molar-refractivity contribution in [2.24, 2.45) is 5.41 Å². The Bertz CT molecular complexity index is 2260. The van der Waals surface area contributed by atoms with Gasteiger partial charge < -0.3 is 4.90 Å². The second-order valence-electron chi connectivity index (χ2n) is 10.0. The highest BCUT2D eigenvalue weighted by atomic mass is 79.9. The fraction of sp³-hybridized carbons (Fsp3) is 0.243. The van der Waals surface area contributed by atoms with Gasteiger partial charge in [0.1, 0.15) is 0 Å². The van der Waals surface area contributed by atoms with Crippen LogP contribution in [0.15, 0.2) is 112 Å². The summed E-state index contributed by atoms with van der Waals surface area (Å²) in [5.41, 5.74) is -12.4. The van der Waals surface area contributed by atoms with Crippen LogP contribution in [-0.4, -0.2) is 0 Å². The topological polar surface area (TPSA) is 3.24 Å². The summed E-state index contributed by atoms with van der Waals surface area (Å²) in [6.07, 6.45) is 0. The Labute approximate surface area is 280 Å². The molecule has 0 atom stereocenters. The Morgan fingerprint density at radius 1 is 0.575 bits per heavy atom. The van der Waals surface area contributed by atoms with Crippen LogP contribution in [0.4, 0.5) is 17.1 Å². The van der Waals surface area contributed by atoms with E-state index in [-0.39, 0.29) is 5.56 Å². The van der Waals surface area contributed by atoms with Gasteiger partial charge in [-0.15, -0.1) is 0 Å². The van der Waals surface area contributed by atoms with E-state index in [1.807, 2.05) is 65.6 Å². The molecule has 5 aromatic rings. The summed E-state index contributed by atoms with van der Waals surface area (Å²) < 4.78 is 160. The SMILES string of the molecule is [2H]C([2H])([2H])C1(C([2H])([2H])[2H])c2ccc(-c3cc(N(c4ccc(Br)cc4)c4ccc(Br)cc4)c4ccccc4c3)cc2C(C([2H])([2H])[2H])(C([2H])([2H])[2H])C1(C([2H])([2H])[2H])C([2H])([2H])[2H]. The molecule has 0 fully saturated rings. The van der Waals surface area contributed by atoms with Crippen molar-refractivity contribution in [2.75, 3.05) is 4.90 Å². The summed E-state index contributed by atoms with van der Waals surface area (Å²) in [4.78, 5) is 1.94. The molecule has 0 saturated heterocycles. The number of hydrogen-bond donors (Lipinski definition) is 0. The van der Waals surface area contributed by atoms with Gasteiger partial charge in [-0.25, -0.2) is 0 Å². The van der Waals surface area contributed by atoms with E-state index >= 15 is 0 Å². The van der Waals surface area contributed by atoms with E-state index in [1.165, 1.54) is 6.07 Å². The Hall–Kier alpha value is -2.88. The summed E-state index contributed by atoms with van der Waals surface area (Å²) in [7, 11) is 0. The number of hydrogen-bond acceptors (Lipinski definition) is 1. The molecule has 3 heteroatoms. The van der Waals surface area contributed by atoms with Gasteiger partial charge in [0, 0.05) is 50.4 Å². The number of rotatable bonds is 4. The molecule has 0 saturated carbocycles. The van der Waals surface area contributed by atoms with Crippen molar-refractivity contribution in [3.8, 4) is 11.1 Å². The molecule has 0 heterocycles. The maximum Gasteiger partial charge on any atom is 0.0546 e. The van der Waals surface area contributed by atoms with Crippen molar-refractivity contribution >= 4 is 59.7 Å². The van der Waals surface area contributed by atoms with Gasteiger partial charge in [-0.1, -0.05) is 115 Å². The first-order chi connectivity index (χ1) is 26.4. The minimum Gasteiger partial charge on any atom is -0.310 e. The van der Waals surface area contributed by atoms with Crippen LogP contribution in [0, 0.1) is 5.41 Å². The summed E-state index contributed by atoms with van der Waals surface area (Å²) in [6, 6.07) is 28.6. The molecule has 0 radical (unpaired) electrons. The van der Waals surface area contributed by atoms with E-state index in [9.17, 15) is 0 Å². The first-order valence-corrected chi connectivity index (χ1v) is 14.0. The third kappa shape index (κ3) is 4.16. The lowest BCUT2D eigenvalue weighted by atomic mass is 9.59. The number of nitrogens with zero attached hydrogens (tertiary/aromatic N) is 1. The van der Waals surface area contributed by atoms with Crippen molar-refractivity contribution in [1.82, 2.24) is 0 Å². The molecule has 202 valence electrons. The monoisotopic (exact) mass is 669 g/mol. The predicted octanol–water partition coefficient (Wildman–Crippen LogP) is 12.1. The van der Waals surface area contributed by atoms with Crippen molar-refractivity contribution in [2.45, 2.75) is 51.9 Å². The van der Waals surface area contributed by atoms with E-state index in [0.29, 0.717) is 28.0 Å². The largest absolute Gasteiger partial charge is 0.310 e. The third-order valence-electron chi connectivity index (χ3n) is 7.54. The van der Waals surface area contributed by atoms with E-state index in [0.717, 1.165) is 26.5 Å². The Morgan fingerprint density at radius 2 is 1.18 bits per heavy atom. The molecule has 1 aliphatic rings. The minimum atomic E-state index is -4.47. The van der Waals surface area contributed by atoms with Gasteiger partial charge in [0.05, 0.1) is 5.69 Å². The van der Waals surface area contributed by atoms with E-state index < -0.39 is 68.5 Å². The second-order valence-corrected chi connectivity index (χ2v) is 11.8. The first-order valence-electron chi connectivity index (χ1n) is 21.4. The summed E-state index contributed by atoms with van der Waals surface area (Å²) in [6.45, 7) is -25.3. The molecule has 0 aliphatic heterocycles. The van der Waals surface area contributed by atoms with Gasteiger partial charge >= 0.3 is 0 Å². The Kier molecular flexibility index (Phi) is 3.22. The van der Waals surface area contributed by atoms with Gasteiger partial charge in [0.25, 0.3) is 0 Å². The van der Waals surface area contributed by atoms with Crippen LogP contribution in [0.3, 0.4) is 0 Å². The van der Waals surface area contributed by atoms with Crippen LogP contribution in [0.2, 0.25) is 0 Å². The number of anilines is 3.